The Balaban J connectivity index is 1.47. The first-order chi connectivity index (χ1) is 11.8. The molecule has 0 N–H and O–H groups in total. The second-order valence-electron chi connectivity index (χ2n) is 5.90. The zero-order chi connectivity index (χ0) is 16.4. The van der Waals surface area contributed by atoms with Crippen LogP contribution in [0.1, 0.15) is 10.4 Å². The van der Waals surface area contributed by atoms with Crippen molar-refractivity contribution in [1.82, 2.24) is 14.9 Å². The molecule has 0 radical (unpaired) electrons. The molecule has 1 aromatic heterocycles. The molecule has 5 nitrogen and oxygen atoms in total. The fourth-order valence-electron chi connectivity index (χ4n) is 3.10. The lowest BCUT2D eigenvalue weighted by atomic mass is 10.1. The van der Waals surface area contributed by atoms with Gasteiger partial charge < -0.3 is 9.80 Å². The van der Waals surface area contributed by atoms with Gasteiger partial charge in [0.2, 0.25) is 0 Å². The maximum atomic E-state index is 12.8. The average molecular weight is 318 g/mol. The Bertz CT molecular complexity index is 857. The maximum Gasteiger partial charge on any atom is 0.253 e. The molecule has 1 amide bonds. The molecule has 0 atom stereocenters. The van der Waals surface area contributed by atoms with Crippen LogP contribution < -0.4 is 4.90 Å². The molecule has 2 aromatic carbocycles. The highest BCUT2D eigenvalue weighted by Crippen LogP contribution is 2.18. The number of fused-ring (bicyclic) bond motifs is 1. The second-order valence-corrected chi connectivity index (χ2v) is 5.90. The minimum absolute atomic E-state index is 0.0968. The van der Waals surface area contributed by atoms with Crippen molar-refractivity contribution in [1.29, 1.82) is 0 Å². The summed E-state index contributed by atoms with van der Waals surface area (Å²) in [5, 5.41) is 2.25. The fourth-order valence-corrected chi connectivity index (χ4v) is 3.10. The van der Waals surface area contributed by atoms with Gasteiger partial charge in [0, 0.05) is 44.1 Å². The lowest BCUT2D eigenvalue weighted by Crippen LogP contribution is -2.49. The standard InChI is InChI=1S/C19H18N4O/c24-19(17-6-5-15-3-1-2-4-16(15)13-17)23-11-9-22(10-12-23)18-14-20-7-8-21-18/h1-8,13-14H,9-12H2. The highest BCUT2D eigenvalue weighted by Gasteiger charge is 2.23. The summed E-state index contributed by atoms with van der Waals surface area (Å²) in [6.45, 7) is 2.94. The largest absolute Gasteiger partial charge is 0.352 e. The number of benzene rings is 2. The van der Waals surface area contributed by atoms with Crippen LogP contribution in [-0.2, 0) is 0 Å². The number of nitrogens with zero attached hydrogens (tertiary/aromatic N) is 4. The summed E-state index contributed by atoms with van der Waals surface area (Å²) in [5.41, 5.74) is 0.752. The van der Waals surface area contributed by atoms with Crippen LogP contribution in [0.3, 0.4) is 0 Å². The van der Waals surface area contributed by atoms with Crippen LogP contribution in [-0.4, -0.2) is 47.0 Å². The van der Waals surface area contributed by atoms with Crippen LogP contribution in [0.15, 0.2) is 61.1 Å². The van der Waals surface area contributed by atoms with E-state index in [-0.39, 0.29) is 5.91 Å². The SMILES string of the molecule is O=C(c1ccc2ccccc2c1)N1CCN(c2cnccn2)CC1. The van der Waals surface area contributed by atoms with E-state index in [1.807, 2.05) is 41.3 Å². The van der Waals surface area contributed by atoms with E-state index in [4.69, 9.17) is 0 Å². The number of amides is 1. The van der Waals surface area contributed by atoms with E-state index in [1.54, 1.807) is 18.6 Å². The molecule has 0 unspecified atom stereocenters. The number of hydrogen-bond acceptors (Lipinski definition) is 4. The van der Waals surface area contributed by atoms with E-state index in [0.29, 0.717) is 13.1 Å². The Morgan fingerprint density at radius 3 is 2.46 bits per heavy atom. The molecule has 120 valence electrons. The minimum atomic E-state index is 0.0968. The summed E-state index contributed by atoms with van der Waals surface area (Å²) in [5.74, 6) is 0.967. The molecule has 5 heteroatoms. The Morgan fingerprint density at radius 1 is 0.917 bits per heavy atom. The number of carbonyl (C=O) groups excluding carboxylic acids is 1. The van der Waals surface area contributed by atoms with Crippen molar-refractivity contribution >= 4 is 22.5 Å². The summed E-state index contributed by atoms with van der Waals surface area (Å²) in [7, 11) is 0. The predicted molar refractivity (Wildman–Crippen MR) is 94.1 cm³/mol. The van der Waals surface area contributed by atoms with E-state index in [1.165, 1.54) is 0 Å². The summed E-state index contributed by atoms with van der Waals surface area (Å²) >= 11 is 0. The molecule has 1 aliphatic heterocycles. The van der Waals surface area contributed by atoms with Crippen molar-refractivity contribution in [2.45, 2.75) is 0 Å². The van der Waals surface area contributed by atoms with Crippen molar-refractivity contribution in [3.05, 3.63) is 66.6 Å². The van der Waals surface area contributed by atoms with E-state index >= 15 is 0 Å². The highest BCUT2D eigenvalue weighted by atomic mass is 16.2. The van der Waals surface area contributed by atoms with Crippen LogP contribution in [0.2, 0.25) is 0 Å². The first kappa shape index (κ1) is 14.6. The van der Waals surface area contributed by atoms with Gasteiger partial charge in [0.1, 0.15) is 5.82 Å². The van der Waals surface area contributed by atoms with Gasteiger partial charge in [-0.1, -0.05) is 30.3 Å². The molecule has 0 aliphatic carbocycles. The van der Waals surface area contributed by atoms with Gasteiger partial charge in [-0.2, -0.15) is 0 Å². The number of anilines is 1. The molecule has 3 aromatic rings. The predicted octanol–water partition coefficient (Wildman–Crippen LogP) is 2.59. The van der Waals surface area contributed by atoms with E-state index in [0.717, 1.165) is 35.2 Å². The quantitative estimate of drug-likeness (QED) is 0.729. The molecule has 2 heterocycles. The molecule has 0 spiro atoms. The molecular formula is C19H18N4O. The van der Waals surface area contributed by atoms with Crippen molar-refractivity contribution in [2.75, 3.05) is 31.1 Å². The summed E-state index contributed by atoms with van der Waals surface area (Å²) in [6, 6.07) is 14.0. The Morgan fingerprint density at radius 2 is 1.71 bits per heavy atom. The monoisotopic (exact) mass is 318 g/mol. The van der Waals surface area contributed by atoms with Crippen molar-refractivity contribution in [2.24, 2.45) is 0 Å². The smallest absolute Gasteiger partial charge is 0.253 e. The summed E-state index contributed by atoms with van der Waals surface area (Å²) in [6.07, 6.45) is 5.13. The third-order valence-corrected chi connectivity index (χ3v) is 4.44. The zero-order valence-corrected chi connectivity index (χ0v) is 13.3. The number of aromatic nitrogens is 2. The number of piperazine rings is 1. The van der Waals surface area contributed by atoms with E-state index in [2.05, 4.69) is 20.9 Å². The molecule has 0 saturated carbocycles. The van der Waals surface area contributed by atoms with Crippen LogP contribution in [0.4, 0.5) is 5.82 Å². The van der Waals surface area contributed by atoms with Gasteiger partial charge in [-0.15, -0.1) is 0 Å². The van der Waals surface area contributed by atoms with Gasteiger partial charge in [-0.05, 0) is 22.9 Å². The second kappa shape index (κ2) is 6.28. The van der Waals surface area contributed by atoms with Gasteiger partial charge in [0.05, 0.1) is 6.20 Å². The Labute approximate surface area is 140 Å². The third kappa shape index (κ3) is 2.80. The normalized spacial score (nSPS) is 14.8. The van der Waals surface area contributed by atoms with Gasteiger partial charge in [0.15, 0.2) is 0 Å². The van der Waals surface area contributed by atoms with E-state index < -0.39 is 0 Å². The van der Waals surface area contributed by atoms with Crippen molar-refractivity contribution < 1.29 is 4.79 Å². The maximum absolute atomic E-state index is 12.8. The Hall–Kier alpha value is -2.95. The summed E-state index contributed by atoms with van der Waals surface area (Å²) in [4.78, 5) is 25.3. The minimum Gasteiger partial charge on any atom is -0.352 e. The van der Waals surface area contributed by atoms with Crippen LogP contribution in [0.5, 0.6) is 0 Å². The fraction of sp³-hybridized carbons (Fsp3) is 0.211. The highest BCUT2D eigenvalue weighted by molar-refractivity contribution is 5.98. The molecule has 1 aliphatic rings. The molecule has 4 rings (SSSR count). The first-order valence-corrected chi connectivity index (χ1v) is 8.10. The topological polar surface area (TPSA) is 49.3 Å². The molecule has 1 saturated heterocycles. The van der Waals surface area contributed by atoms with Crippen molar-refractivity contribution in [3.63, 3.8) is 0 Å². The number of carbonyl (C=O) groups is 1. The van der Waals surface area contributed by atoms with Gasteiger partial charge >= 0.3 is 0 Å². The van der Waals surface area contributed by atoms with Gasteiger partial charge in [0.25, 0.3) is 5.91 Å². The number of rotatable bonds is 2. The van der Waals surface area contributed by atoms with Gasteiger partial charge in [-0.25, -0.2) is 4.98 Å². The van der Waals surface area contributed by atoms with Crippen LogP contribution in [0.25, 0.3) is 10.8 Å². The lowest BCUT2D eigenvalue weighted by molar-refractivity contribution is 0.0746. The van der Waals surface area contributed by atoms with E-state index in [9.17, 15) is 4.79 Å². The van der Waals surface area contributed by atoms with Crippen LogP contribution >= 0.6 is 0 Å². The average Bonchev–Trinajstić information content (AvgIpc) is 2.68. The first-order valence-electron chi connectivity index (χ1n) is 8.10. The molecular weight excluding hydrogens is 300 g/mol. The summed E-state index contributed by atoms with van der Waals surface area (Å²) < 4.78 is 0. The third-order valence-electron chi connectivity index (χ3n) is 4.44. The molecule has 1 fully saturated rings. The van der Waals surface area contributed by atoms with Crippen molar-refractivity contribution in [3.8, 4) is 0 Å². The lowest BCUT2D eigenvalue weighted by Gasteiger charge is -2.35. The Kier molecular flexibility index (Phi) is 3.83. The number of hydrogen-bond donors (Lipinski definition) is 0. The zero-order valence-electron chi connectivity index (χ0n) is 13.3. The van der Waals surface area contributed by atoms with Gasteiger partial charge in [-0.3, -0.25) is 9.78 Å². The molecule has 0 bridgehead atoms. The molecule has 24 heavy (non-hydrogen) atoms. The van der Waals surface area contributed by atoms with Crippen LogP contribution in [0, 0.1) is 0 Å².